The van der Waals surface area contributed by atoms with E-state index in [1.807, 2.05) is 38.1 Å². The number of nitrogens with zero attached hydrogens (tertiary/aromatic N) is 1. The minimum Gasteiger partial charge on any atom is -0.296 e. The molecule has 0 radical (unpaired) electrons. The molecule has 21 heavy (non-hydrogen) atoms. The van der Waals surface area contributed by atoms with Crippen molar-refractivity contribution in [2.75, 3.05) is 0 Å². The summed E-state index contributed by atoms with van der Waals surface area (Å²) in [6.45, 7) is 11.1. The topological polar surface area (TPSA) is 38.5 Å². The molecule has 0 aromatic heterocycles. The summed E-state index contributed by atoms with van der Waals surface area (Å²) < 4.78 is 25.1. The number of sulfone groups is 1. The molecule has 0 saturated carbocycles. The van der Waals surface area contributed by atoms with Crippen molar-refractivity contribution < 1.29 is 8.42 Å². The van der Waals surface area contributed by atoms with Gasteiger partial charge in [0.25, 0.3) is 9.84 Å². The molecule has 0 unspecified atom stereocenters. The van der Waals surface area contributed by atoms with Gasteiger partial charge in [-0.15, -0.1) is 0 Å². The Kier molecular flexibility index (Phi) is 4.44. The highest BCUT2D eigenvalue weighted by Gasteiger charge is 2.32. The third-order valence-corrected chi connectivity index (χ3v) is 5.30. The fourth-order valence-electron chi connectivity index (χ4n) is 2.04. The van der Waals surface area contributed by atoms with Gasteiger partial charge >= 0.3 is 5.37 Å². The summed E-state index contributed by atoms with van der Waals surface area (Å²) in [5, 5.41) is -1.08. The van der Waals surface area contributed by atoms with E-state index in [9.17, 15) is 8.42 Å². The molecule has 0 amide bonds. The summed E-state index contributed by atoms with van der Waals surface area (Å²) in [7, 11) is -3.63. The molecule has 3 nitrogen and oxygen atoms in total. The summed E-state index contributed by atoms with van der Waals surface area (Å²) in [5.74, 6) is 0. The van der Waals surface area contributed by atoms with Crippen LogP contribution in [0.2, 0.25) is 0 Å². The van der Waals surface area contributed by atoms with Crippen LogP contribution in [0.15, 0.2) is 53.4 Å². The van der Waals surface area contributed by atoms with Crippen molar-refractivity contribution in [3.05, 3.63) is 76.6 Å². The largest absolute Gasteiger partial charge is 0.329 e. The van der Waals surface area contributed by atoms with E-state index in [-0.39, 0.29) is 11.3 Å². The van der Waals surface area contributed by atoms with Crippen molar-refractivity contribution in [2.24, 2.45) is 0 Å². The van der Waals surface area contributed by atoms with E-state index < -0.39 is 15.2 Å². The van der Waals surface area contributed by atoms with E-state index in [1.165, 1.54) is 0 Å². The lowest BCUT2D eigenvalue weighted by molar-refractivity contribution is 0.587. The van der Waals surface area contributed by atoms with Gasteiger partial charge in [-0.05, 0) is 31.5 Å². The average Bonchev–Trinajstić information content (AvgIpc) is 2.47. The third kappa shape index (κ3) is 3.50. The van der Waals surface area contributed by atoms with Crippen molar-refractivity contribution >= 4 is 9.84 Å². The molecule has 0 aliphatic carbocycles. The van der Waals surface area contributed by atoms with Crippen LogP contribution < -0.4 is 0 Å². The van der Waals surface area contributed by atoms with Gasteiger partial charge in [-0.3, -0.25) is 4.85 Å². The van der Waals surface area contributed by atoms with Crippen LogP contribution >= 0.6 is 0 Å². The zero-order valence-corrected chi connectivity index (χ0v) is 12.9. The molecule has 0 N–H and O–H groups in total. The van der Waals surface area contributed by atoms with Crippen molar-refractivity contribution in [3.63, 3.8) is 0 Å². The number of hydrogen-bond acceptors (Lipinski definition) is 2. The number of rotatable bonds is 4. The van der Waals surface area contributed by atoms with Gasteiger partial charge in [0.05, 0.1) is 11.3 Å². The first kappa shape index (κ1) is 15.3. The van der Waals surface area contributed by atoms with Crippen molar-refractivity contribution in [2.45, 2.75) is 30.5 Å². The Morgan fingerprint density at radius 2 is 1.43 bits per heavy atom. The van der Waals surface area contributed by atoms with Crippen molar-refractivity contribution in [3.8, 4) is 0 Å². The van der Waals surface area contributed by atoms with Gasteiger partial charge in [0, 0.05) is 0 Å². The van der Waals surface area contributed by atoms with Crippen LogP contribution in [0.1, 0.15) is 16.7 Å². The molecule has 2 aromatic carbocycles. The van der Waals surface area contributed by atoms with Crippen LogP contribution in [0.25, 0.3) is 4.85 Å². The standard InChI is InChI=1S/C17H17NO2S/c1-13-4-8-15(9-5-13)12-17(18-3)21(19,20)16-10-6-14(2)7-11-16/h4-11,17H,12H2,1-2H3/t17-/m0/s1. The molecule has 4 heteroatoms. The van der Waals surface area contributed by atoms with Gasteiger partial charge in [0.15, 0.2) is 0 Å². The van der Waals surface area contributed by atoms with Crippen molar-refractivity contribution in [1.82, 2.24) is 0 Å². The highest BCUT2D eigenvalue weighted by molar-refractivity contribution is 7.92. The second-order valence-electron chi connectivity index (χ2n) is 5.13. The number of aryl methyl sites for hydroxylation is 2. The second kappa shape index (κ2) is 6.11. The maximum Gasteiger partial charge on any atom is 0.329 e. The van der Waals surface area contributed by atoms with Crippen LogP contribution in [-0.2, 0) is 16.3 Å². The number of benzene rings is 2. The van der Waals surface area contributed by atoms with Crippen LogP contribution in [0.4, 0.5) is 0 Å². The lowest BCUT2D eigenvalue weighted by Gasteiger charge is -2.08. The Labute approximate surface area is 126 Å². The van der Waals surface area contributed by atoms with Crippen LogP contribution in [0.5, 0.6) is 0 Å². The van der Waals surface area contributed by atoms with E-state index in [2.05, 4.69) is 4.85 Å². The Balaban J connectivity index is 2.30. The third-order valence-electron chi connectivity index (χ3n) is 3.38. The Hall–Kier alpha value is -2.12. The van der Waals surface area contributed by atoms with Gasteiger partial charge in [-0.25, -0.2) is 15.0 Å². The van der Waals surface area contributed by atoms with Crippen molar-refractivity contribution in [1.29, 1.82) is 0 Å². The van der Waals surface area contributed by atoms with Gasteiger partial charge in [0.2, 0.25) is 0 Å². The summed E-state index contributed by atoms with van der Waals surface area (Å²) in [4.78, 5) is 3.55. The molecule has 0 spiro atoms. The summed E-state index contributed by atoms with van der Waals surface area (Å²) in [6.07, 6.45) is 0.208. The lowest BCUT2D eigenvalue weighted by atomic mass is 10.1. The summed E-state index contributed by atoms with van der Waals surface area (Å²) >= 11 is 0. The summed E-state index contributed by atoms with van der Waals surface area (Å²) in [6, 6.07) is 14.2. The Bertz CT molecular complexity index is 754. The molecular weight excluding hydrogens is 282 g/mol. The Morgan fingerprint density at radius 1 is 0.952 bits per heavy atom. The lowest BCUT2D eigenvalue weighted by Crippen LogP contribution is -2.20. The highest BCUT2D eigenvalue weighted by Crippen LogP contribution is 2.21. The predicted octanol–water partition coefficient (Wildman–Crippen LogP) is 3.57. The minimum absolute atomic E-state index is 0.208. The molecule has 0 aliphatic rings. The molecule has 2 aromatic rings. The second-order valence-corrected chi connectivity index (χ2v) is 7.24. The zero-order chi connectivity index (χ0) is 15.5. The fraction of sp³-hybridized carbons (Fsp3) is 0.235. The van der Waals surface area contributed by atoms with Crippen LogP contribution in [-0.4, -0.2) is 13.8 Å². The molecule has 1 atom stereocenters. The minimum atomic E-state index is -3.63. The molecular formula is C17H17NO2S. The van der Waals surface area contributed by atoms with Gasteiger partial charge in [-0.2, -0.15) is 0 Å². The molecule has 108 valence electrons. The van der Waals surface area contributed by atoms with Crippen LogP contribution in [0, 0.1) is 20.4 Å². The van der Waals surface area contributed by atoms with E-state index in [0.717, 1.165) is 16.7 Å². The summed E-state index contributed by atoms with van der Waals surface area (Å²) in [5.41, 5.74) is 2.96. The SMILES string of the molecule is [C-]#[N+][C@H](Cc1ccc(C)cc1)S(=O)(=O)c1ccc(C)cc1. The fourth-order valence-corrected chi connectivity index (χ4v) is 3.42. The van der Waals surface area contributed by atoms with Gasteiger partial charge in [0.1, 0.15) is 0 Å². The highest BCUT2D eigenvalue weighted by atomic mass is 32.2. The van der Waals surface area contributed by atoms with Gasteiger partial charge < -0.3 is 0 Å². The first-order valence-electron chi connectivity index (χ1n) is 6.66. The van der Waals surface area contributed by atoms with E-state index in [1.54, 1.807) is 24.3 Å². The van der Waals surface area contributed by atoms with E-state index >= 15 is 0 Å². The zero-order valence-electron chi connectivity index (χ0n) is 12.1. The normalized spacial score (nSPS) is 12.6. The molecule has 0 heterocycles. The molecule has 0 saturated heterocycles. The van der Waals surface area contributed by atoms with E-state index in [0.29, 0.717) is 0 Å². The molecule has 0 fully saturated rings. The first-order valence-corrected chi connectivity index (χ1v) is 8.21. The average molecular weight is 299 g/mol. The first-order chi connectivity index (χ1) is 9.93. The van der Waals surface area contributed by atoms with Crippen LogP contribution in [0.3, 0.4) is 0 Å². The number of hydrogen-bond donors (Lipinski definition) is 0. The smallest absolute Gasteiger partial charge is 0.296 e. The van der Waals surface area contributed by atoms with E-state index in [4.69, 9.17) is 6.57 Å². The molecule has 2 rings (SSSR count). The maximum atomic E-state index is 12.5. The monoisotopic (exact) mass is 299 g/mol. The molecule has 0 bridgehead atoms. The van der Waals surface area contributed by atoms with Gasteiger partial charge in [-0.1, -0.05) is 47.5 Å². The predicted molar refractivity (Wildman–Crippen MR) is 83.6 cm³/mol. The molecule has 0 aliphatic heterocycles. The Morgan fingerprint density at radius 3 is 1.90 bits per heavy atom. The quantitative estimate of drug-likeness (QED) is 0.810. The maximum absolute atomic E-state index is 12.5.